The van der Waals surface area contributed by atoms with Crippen LogP contribution in [0.1, 0.15) is 24.1 Å². The number of carbonyl (C=O) groups is 1. The Morgan fingerprint density at radius 3 is 2.89 bits per heavy atom. The van der Waals surface area contributed by atoms with E-state index in [1.807, 2.05) is 37.3 Å². The molecule has 1 amide bonds. The van der Waals surface area contributed by atoms with Gasteiger partial charge in [0.2, 0.25) is 5.91 Å². The van der Waals surface area contributed by atoms with Crippen LogP contribution in [0.2, 0.25) is 0 Å². The molecule has 2 aromatic rings. The summed E-state index contributed by atoms with van der Waals surface area (Å²) in [6.45, 7) is 2.39. The Morgan fingerprint density at radius 2 is 2.21 bits per heavy atom. The highest BCUT2D eigenvalue weighted by Gasteiger charge is 2.10. The summed E-state index contributed by atoms with van der Waals surface area (Å²) in [6.07, 6.45) is 3.45. The fraction of sp³-hybridized carbons (Fsp3) is 0.286. The number of carbonyl (C=O) groups excluding carboxylic acids is 1. The summed E-state index contributed by atoms with van der Waals surface area (Å²) in [5.74, 6) is -0.135. The van der Waals surface area contributed by atoms with Gasteiger partial charge in [-0.15, -0.1) is 0 Å². The molecule has 0 aliphatic carbocycles. The van der Waals surface area contributed by atoms with E-state index >= 15 is 0 Å². The number of ether oxygens (including phenoxy) is 1. The number of amides is 1. The van der Waals surface area contributed by atoms with Gasteiger partial charge >= 0.3 is 0 Å². The molecule has 0 spiro atoms. The van der Waals surface area contributed by atoms with E-state index in [1.54, 1.807) is 12.4 Å². The lowest BCUT2D eigenvalue weighted by atomic mass is 10.2. The first kappa shape index (κ1) is 13.3. The molecule has 19 heavy (non-hydrogen) atoms. The van der Waals surface area contributed by atoms with Gasteiger partial charge in [-0.25, -0.2) is 0 Å². The molecule has 0 aliphatic heterocycles. The highest BCUT2D eigenvalue weighted by molar-refractivity contribution is 5.77. The average molecular weight is 259 g/mol. The van der Waals surface area contributed by atoms with Crippen LogP contribution in [0.15, 0.2) is 42.7 Å². The molecule has 0 aliphatic rings. The smallest absolute Gasteiger partial charge is 0.246 e. The number of nitrogens with zero attached hydrogens (tertiary/aromatic N) is 1. The van der Waals surface area contributed by atoms with Gasteiger partial charge in [0, 0.05) is 11.8 Å². The van der Waals surface area contributed by atoms with Gasteiger partial charge in [-0.3, -0.25) is 9.89 Å². The van der Waals surface area contributed by atoms with Gasteiger partial charge in [-0.05, 0) is 12.5 Å². The van der Waals surface area contributed by atoms with Crippen LogP contribution < -0.4 is 5.32 Å². The van der Waals surface area contributed by atoms with Crippen molar-refractivity contribution in [2.75, 3.05) is 6.61 Å². The van der Waals surface area contributed by atoms with Crippen LogP contribution in [0.4, 0.5) is 0 Å². The fourth-order valence-electron chi connectivity index (χ4n) is 1.70. The molecule has 1 heterocycles. The minimum Gasteiger partial charge on any atom is -0.367 e. The molecular formula is C14H17N3O2. The second kappa shape index (κ2) is 6.70. The summed E-state index contributed by atoms with van der Waals surface area (Å²) in [6, 6.07) is 9.69. The number of H-pyrrole nitrogens is 1. The molecule has 1 aromatic heterocycles. The highest BCUT2D eigenvalue weighted by Crippen LogP contribution is 2.08. The van der Waals surface area contributed by atoms with Crippen LogP contribution in [-0.2, 0) is 16.1 Å². The van der Waals surface area contributed by atoms with Gasteiger partial charge in [-0.2, -0.15) is 5.10 Å². The van der Waals surface area contributed by atoms with Crippen LogP contribution in [0.25, 0.3) is 0 Å². The van der Waals surface area contributed by atoms with Gasteiger partial charge in [0.05, 0.1) is 18.8 Å². The average Bonchev–Trinajstić information content (AvgIpc) is 2.94. The standard InChI is InChI=1S/C14H17N3O2/c1-11(13-7-15-16-8-13)17-14(18)10-19-9-12-5-3-2-4-6-12/h2-8,11H,9-10H2,1H3,(H,15,16)(H,17,18). The number of benzene rings is 1. The first-order valence-electron chi connectivity index (χ1n) is 6.15. The molecule has 2 rings (SSSR count). The molecular weight excluding hydrogens is 242 g/mol. The Balaban J connectivity index is 1.70. The van der Waals surface area contributed by atoms with Gasteiger partial charge in [-0.1, -0.05) is 30.3 Å². The predicted octanol–water partition coefficient (Wildman–Crippen LogP) is 1.80. The highest BCUT2D eigenvalue weighted by atomic mass is 16.5. The maximum absolute atomic E-state index is 11.7. The summed E-state index contributed by atoms with van der Waals surface area (Å²) >= 11 is 0. The number of hydrogen-bond acceptors (Lipinski definition) is 3. The predicted molar refractivity (Wildman–Crippen MR) is 71.2 cm³/mol. The third-order valence-electron chi connectivity index (χ3n) is 2.74. The van der Waals surface area contributed by atoms with E-state index in [2.05, 4.69) is 15.5 Å². The Morgan fingerprint density at radius 1 is 1.42 bits per heavy atom. The normalized spacial score (nSPS) is 12.1. The van der Waals surface area contributed by atoms with E-state index in [-0.39, 0.29) is 18.6 Å². The molecule has 0 fully saturated rings. The molecule has 0 saturated carbocycles. The van der Waals surface area contributed by atoms with Gasteiger partial charge in [0.15, 0.2) is 0 Å². The Hall–Kier alpha value is -2.14. The van der Waals surface area contributed by atoms with E-state index in [1.165, 1.54) is 0 Å². The van der Waals surface area contributed by atoms with Crippen molar-refractivity contribution < 1.29 is 9.53 Å². The molecule has 1 unspecified atom stereocenters. The van der Waals surface area contributed by atoms with E-state index in [4.69, 9.17) is 4.74 Å². The lowest BCUT2D eigenvalue weighted by molar-refractivity contribution is -0.126. The molecule has 5 heteroatoms. The van der Waals surface area contributed by atoms with Crippen molar-refractivity contribution in [3.63, 3.8) is 0 Å². The monoisotopic (exact) mass is 259 g/mol. The third kappa shape index (κ3) is 4.22. The fourth-order valence-corrected chi connectivity index (χ4v) is 1.70. The zero-order valence-corrected chi connectivity index (χ0v) is 10.8. The quantitative estimate of drug-likeness (QED) is 0.831. The third-order valence-corrected chi connectivity index (χ3v) is 2.74. The Labute approximate surface area is 112 Å². The summed E-state index contributed by atoms with van der Waals surface area (Å²) in [5.41, 5.74) is 1.99. The van der Waals surface area contributed by atoms with Crippen LogP contribution >= 0.6 is 0 Å². The van der Waals surface area contributed by atoms with Crippen molar-refractivity contribution in [2.45, 2.75) is 19.6 Å². The number of hydrogen-bond donors (Lipinski definition) is 2. The summed E-state index contributed by atoms with van der Waals surface area (Å²) in [4.78, 5) is 11.7. The van der Waals surface area contributed by atoms with Crippen molar-refractivity contribution in [1.29, 1.82) is 0 Å². The number of nitrogens with one attached hydrogen (secondary N) is 2. The van der Waals surface area contributed by atoms with E-state index in [0.717, 1.165) is 11.1 Å². The maximum atomic E-state index is 11.7. The Bertz CT molecular complexity index is 497. The first-order valence-corrected chi connectivity index (χ1v) is 6.15. The largest absolute Gasteiger partial charge is 0.367 e. The van der Waals surface area contributed by atoms with E-state index in [9.17, 15) is 4.79 Å². The molecule has 0 bridgehead atoms. The van der Waals surface area contributed by atoms with Crippen molar-refractivity contribution >= 4 is 5.91 Å². The van der Waals surface area contributed by atoms with Crippen molar-refractivity contribution in [3.8, 4) is 0 Å². The summed E-state index contributed by atoms with van der Waals surface area (Å²) < 4.78 is 5.36. The molecule has 100 valence electrons. The van der Waals surface area contributed by atoms with Gasteiger partial charge < -0.3 is 10.1 Å². The first-order chi connectivity index (χ1) is 9.25. The molecule has 0 radical (unpaired) electrons. The minimum absolute atomic E-state index is 0.0527. The minimum atomic E-state index is -0.135. The number of rotatable bonds is 6. The number of aromatic amines is 1. The van der Waals surface area contributed by atoms with E-state index in [0.29, 0.717) is 6.61 Å². The zero-order chi connectivity index (χ0) is 13.5. The summed E-state index contributed by atoms with van der Waals surface area (Å²) in [7, 11) is 0. The molecule has 1 atom stereocenters. The van der Waals surface area contributed by atoms with E-state index < -0.39 is 0 Å². The Kier molecular flexibility index (Phi) is 4.69. The second-order valence-corrected chi connectivity index (χ2v) is 4.30. The van der Waals surface area contributed by atoms with Crippen molar-refractivity contribution in [3.05, 3.63) is 53.9 Å². The van der Waals surface area contributed by atoms with Crippen LogP contribution in [0.5, 0.6) is 0 Å². The summed E-state index contributed by atoms with van der Waals surface area (Å²) in [5, 5.41) is 9.41. The van der Waals surface area contributed by atoms with Crippen LogP contribution in [0, 0.1) is 0 Å². The molecule has 5 nitrogen and oxygen atoms in total. The van der Waals surface area contributed by atoms with Crippen molar-refractivity contribution in [1.82, 2.24) is 15.5 Å². The van der Waals surface area contributed by atoms with Crippen LogP contribution in [0.3, 0.4) is 0 Å². The maximum Gasteiger partial charge on any atom is 0.246 e. The van der Waals surface area contributed by atoms with Crippen molar-refractivity contribution in [2.24, 2.45) is 0 Å². The molecule has 1 aromatic carbocycles. The lowest BCUT2D eigenvalue weighted by Gasteiger charge is -2.12. The van der Waals surface area contributed by atoms with Gasteiger partial charge in [0.1, 0.15) is 6.61 Å². The van der Waals surface area contributed by atoms with Crippen LogP contribution in [-0.4, -0.2) is 22.7 Å². The second-order valence-electron chi connectivity index (χ2n) is 4.30. The van der Waals surface area contributed by atoms with Gasteiger partial charge in [0.25, 0.3) is 0 Å². The topological polar surface area (TPSA) is 67.0 Å². The molecule has 0 saturated heterocycles. The number of aromatic nitrogens is 2. The zero-order valence-electron chi connectivity index (χ0n) is 10.8. The lowest BCUT2D eigenvalue weighted by Crippen LogP contribution is -2.29. The SMILES string of the molecule is CC(NC(=O)COCc1ccccc1)c1cn[nH]c1. The molecule has 2 N–H and O–H groups in total.